The number of imide groups is 2. The van der Waals surface area contributed by atoms with Gasteiger partial charge in [-0.25, -0.2) is 0 Å². The molecule has 7 rings (SSSR count). The van der Waals surface area contributed by atoms with Crippen LogP contribution in [0.25, 0.3) is 0 Å². The second-order valence-electron chi connectivity index (χ2n) is 13.2. The third-order valence-electron chi connectivity index (χ3n) is 9.89. The van der Waals surface area contributed by atoms with Crippen molar-refractivity contribution < 1.29 is 37.1 Å². The molecule has 2 N–H and O–H groups in total. The summed E-state index contributed by atoms with van der Waals surface area (Å²) in [6, 6.07) is 6.72. The minimum atomic E-state index is -4.57. The number of carbonyl (C=O) groups is 5. The summed E-state index contributed by atoms with van der Waals surface area (Å²) < 4.78 is 41.0. The number of hydrogen-bond donors (Lipinski definition) is 2. The second kappa shape index (κ2) is 12.8. The number of carbonyl (C=O) groups excluding carboxylic acids is 5. The van der Waals surface area contributed by atoms with Gasteiger partial charge in [0.15, 0.2) is 0 Å². The van der Waals surface area contributed by atoms with Gasteiger partial charge in [0.2, 0.25) is 11.8 Å². The summed E-state index contributed by atoms with van der Waals surface area (Å²) in [4.78, 5) is 68.9. The van der Waals surface area contributed by atoms with Crippen LogP contribution in [-0.4, -0.2) is 88.4 Å². The first-order chi connectivity index (χ1) is 24.2. The van der Waals surface area contributed by atoms with Crippen molar-refractivity contribution >= 4 is 52.5 Å². The Labute approximate surface area is 294 Å². The fourth-order valence-electron chi connectivity index (χ4n) is 6.82. The Kier molecular flexibility index (Phi) is 8.63. The van der Waals surface area contributed by atoms with Crippen molar-refractivity contribution in [3.8, 4) is 11.8 Å². The van der Waals surface area contributed by atoms with E-state index in [1.54, 1.807) is 35.3 Å². The number of nitrogens with zero attached hydrogens (tertiary/aromatic N) is 5. The standard InChI is InChI=1S/C35H31ClF3N7O5/c1-43-12-10-34(11-13-43,33(51)41-27-7-4-22(14-26(27)36)35(37,38)39)45-19-20(16-40-45)2-3-21-17-44(18-21)23-5-6-24-25(15-23)32(50)46(31(24)49)28-8-9-29(47)42-30(28)48/h4-7,14-16,19,21,28H,8-13,17-18H2,1H3,(H,41,51)(H,42,47,48). The molecule has 0 radical (unpaired) electrons. The van der Waals surface area contributed by atoms with Gasteiger partial charge in [0, 0.05) is 44.5 Å². The highest BCUT2D eigenvalue weighted by Crippen LogP contribution is 2.37. The molecular formula is C35H31ClF3N7O5. The number of benzene rings is 2. The van der Waals surface area contributed by atoms with E-state index in [-0.39, 0.29) is 40.6 Å². The van der Waals surface area contributed by atoms with Crippen LogP contribution in [0.2, 0.25) is 5.02 Å². The zero-order chi connectivity index (χ0) is 36.2. The quantitative estimate of drug-likeness (QED) is 0.302. The fraction of sp³-hybridized carbons (Fsp3) is 0.371. The van der Waals surface area contributed by atoms with Crippen LogP contribution in [0.5, 0.6) is 0 Å². The number of halogens is 4. The highest BCUT2D eigenvalue weighted by molar-refractivity contribution is 6.33. The van der Waals surface area contributed by atoms with Crippen molar-refractivity contribution in [3.63, 3.8) is 0 Å². The lowest BCUT2D eigenvalue weighted by Gasteiger charge is -2.39. The molecule has 264 valence electrons. The Morgan fingerprint density at radius 1 is 1.04 bits per heavy atom. The predicted molar refractivity (Wildman–Crippen MR) is 178 cm³/mol. The van der Waals surface area contributed by atoms with Crippen molar-refractivity contribution in [1.29, 1.82) is 0 Å². The SMILES string of the molecule is CN1CCC(C(=O)Nc2ccc(C(F)(F)F)cc2Cl)(n2cc(C#CC3CN(c4ccc5c(c4)C(=O)N(C4CCC(=O)NC4=O)C5=O)C3)cn2)CC1. The molecule has 3 fully saturated rings. The van der Waals surface area contributed by atoms with E-state index >= 15 is 0 Å². The lowest BCUT2D eigenvalue weighted by atomic mass is 9.86. The van der Waals surface area contributed by atoms with Gasteiger partial charge in [0.05, 0.1) is 45.1 Å². The lowest BCUT2D eigenvalue weighted by Crippen LogP contribution is -2.54. The number of alkyl halides is 3. The summed E-state index contributed by atoms with van der Waals surface area (Å²) in [7, 11) is 1.94. The van der Waals surface area contributed by atoms with Gasteiger partial charge in [0.1, 0.15) is 11.6 Å². The maximum absolute atomic E-state index is 13.8. The molecule has 2 aromatic carbocycles. The van der Waals surface area contributed by atoms with E-state index in [4.69, 9.17) is 11.6 Å². The van der Waals surface area contributed by atoms with E-state index in [9.17, 15) is 37.1 Å². The van der Waals surface area contributed by atoms with Crippen LogP contribution in [-0.2, 0) is 26.1 Å². The fourth-order valence-corrected chi connectivity index (χ4v) is 7.05. The van der Waals surface area contributed by atoms with Crippen LogP contribution in [0.15, 0.2) is 48.8 Å². The van der Waals surface area contributed by atoms with Gasteiger partial charge in [-0.2, -0.15) is 18.3 Å². The van der Waals surface area contributed by atoms with E-state index in [1.165, 1.54) is 0 Å². The average molecular weight is 722 g/mol. The average Bonchev–Trinajstić information content (AvgIpc) is 3.64. The number of amides is 5. The number of fused-ring (bicyclic) bond motifs is 1. The molecule has 5 heterocycles. The first-order valence-corrected chi connectivity index (χ1v) is 16.7. The van der Waals surface area contributed by atoms with Gasteiger partial charge >= 0.3 is 6.18 Å². The molecule has 4 aliphatic rings. The summed E-state index contributed by atoms with van der Waals surface area (Å²) in [5, 5.41) is 9.17. The van der Waals surface area contributed by atoms with Crippen molar-refractivity contribution in [2.75, 3.05) is 43.4 Å². The summed E-state index contributed by atoms with van der Waals surface area (Å²) in [5.74, 6) is 3.67. The smallest absolute Gasteiger partial charge is 0.369 e. The van der Waals surface area contributed by atoms with Crippen LogP contribution in [0, 0.1) is 17.8 Å². The lowest BCUT2D eigenvalue weighted by molar-refractivity contribution is -0.138. The maximum Gasteiger partial charge on any atom is 0.416 e. The Hall–Kier alpha value is -5.20. The Balaban J connectivity index is 1.02. The summed E-state index contributed by atoms with van der Waals surface area (Å²) in [5.41, 5.74) is -0.234. The van der Waals surface area contributed by atoms with Crippen molar-refractivity contribution in [3.05, 3.63) is 76.1 Å². The number of nitrogens with one attached hydrogen (secondary N) is 2. The van der Waals surface area contributed by atoms with Crippen LogP contribution >= 0.6 is 11.6 Å². The zero-order valence-electron chi connectivity index (χ0n) is 27.2. The van der Waals surface area contributed by atoms with Crippen LogP contribution in [0.1, 0.15) is 57.5 Å². The first-order valence-electron chi connectivity index (χ1n) is 16.3. The topological polar surface area (TPSA) is 137 Å². The predicted octanol–water partition coefficient (Wildman–Crippen LogP) is 3.50. The Morgan fingerprint density at radius 3 is 2.45 bits per heavy atom. The van der Waals surface area contributed by atoms with Gasteiger partial charge in [0.25, 0.3) is 17.7 Å². The van der Waals surface area contributed by atoms with Gasteiger partial charge < -0.3 is 15.1 Å². The zero-order valence-corrected chi connectivity index (χ0v) is 28.0. The van der Waals surface area contributed by atoms with Gasteiger partial charge in [-0.05, 0) is 62.7 Å². The number of hydrogen-bond acceptors (Lipinski definition) is 8. The number of likely N-dealkylation sites (tertiary alicyclic amines) is 1. The Bertz CT molecular complexity index is 2040. The normalized spacial score (nSPS) is 20.8. The van der Waals surface area contributed by atoms with Gasteiger partial charge in [-0.3, -0.25) is 38.9 Å². The molecule has 12 nitrogen and oxygen atoms in total. The highest BCUT2D eigenvalue weighted by atomic mass is 35.5. The van der Waals surface area contributed by atoms with Crippen molar-refractivity contribution in [2.24, 2.45) is 5.92 Å². The van der Waals surface area contributed by atoms with Crippen molar-refractivity contribution in [2.45, 2.75) is 43.4 Å². The molecule has 4 aliphatic heterocycles. The van der Waals surface area contributed by atoms with Gasteiger partial charge in [-0.15, -0.1) is 0 Å². The molecule has 1 atom stereocenters. The largest absolute Gasteiger partial charge is 0.416 e. The van der Waals surface area contributed by atoms with Crippen molar-refractivity contribution in [1.82, 2.24) is 24.9 Å². The third-order valence-corrected chi connectivity index (χ3v) is 10.2. The summed E-state index contributed by atoms with van der Waals surface area (Å²) >= 11 is 6.14. The van der Waals surface area contributed by atoms with Crippen LogP contribution < -0.4 is 15.5 Å². The number of rotatable bonds is 5. The highest BCUT2D eigenvalue weighted by Gasteiger charge is 2.46. The molecule has 3 saturated heterocycles. The number of anilines is 2. The number of aromatic nitrogens is 2. The Morgan fingerprint density at radius 2 is 1.76 bits per heavy atom. The van der Waals surface area contributed by atoms with E-state index in [2.05, 4.69) is 32.5 Å². The molecule has 16 heteroatoms. The third kappa shape index (κ3) is 6.34. The molecule has 0 bridgehead atoms. The molecule has 1 aromatic heterocycles. The first kappa shape index (κ1) is 34.3. The monoisotopic (exact) mass is 721 g/mol. The van der Waals surface area contributed by atoms with Crippen LogP contribution in [0.3, 0.4) is 0 Å². The van der Waals surface area contributed by atoms with E-state index in [0.29, 0.717) is 44.6 Å². The molecule has 3 aromatic rings. The molecule has 0 spiro atoms. The number of piperidine rings is 2. The van der Waals surface area contributed by atoms with Gasteiger partial charge in [-0.1, -0.05) is 23.4 Å². The summed E-state index contributed by atoms with van der Waals surface area (Å²) in [6.07, 6.45) is -0.379. The van der Waals surface area contributed by atoms with E-state index < -0.39 is 52.9 Å². The minimum Gasteiger partial charge on any atom is -0.369 e. The summed E-state index contributed by atoms with van der Waals surface area (Å²) in [6.45, 7) is 2.30. The minimum absolute atomic E-state index is 0.0127. The molecule has 0 aliphatic carbocycles. The van der Waals surface area contributed by atoms with E-state index in [0.717, 1.165) is 28.8 Å². The second-order valence-corrected chi connectivity index (χ2v) is 13.6. The molecule has 1 unspecified atom stereocenters. The molecule has 51 heavy (non-hydrogen) atoms. The molecule has 5 amide bonds. The molecule has 0 saturated carbocycles. The van der Waals surface area contributed by atoms with Crippen LogP contribution in [0.4, 0.5) is 24.5 Å². The maximum atomic E-state index is 13.8. The van der Waals surface area contributed by atoms with E-state index in [1.807, 2.05) is 11.9 Å². The molecular weight excluding hydrogens is 691 g/mol.